The number of nitrogens with zero attached hydrogens (tertiary/aromatic N) is 4. The molecule has 2 rings (SSSR count). The Morgan fingerprint density at radius 3 is 2.46 bits per heavy atom. The molecular weight excluding hydrogens is 310 g/mol. The molecule has 0 radical (unpaired) electrons. The van der Waals surface area contributed by atoms with E-state index in [4.69, 9.17) is 0 Å². The summed E-state index contributed by atoms with van der Waals surface area (Å²) in [5.41, 5.74) is 2.22. The zero-order valence-electron chi connectivity index (χ0n) is 14.0. The Hall–Kier alpha value is -2.90. The van der Waals surface area contributed by atoms with Gasteiger partial charge in [0, 0.05) is 24.5 Å². The molecule has 0 aliphatic rings. The minimum atomic E-state index is -0.549. The predicted octanol–water partition coefficient (Wildman–Crippen LogP) is 2.58. The van der Waals surface area contributed by atoms with E-state index >= 15 is 0 Å². The Bertz CT molecular complexity index is 720. The third-order valence-electron chi connectivity index (χ3n) is 3.64. The molecule has 0 fully saturated rings. The van der Waals surface area contributed by atoms with E-state index in [9.17, 15) is 14.9 Å². The Morgan fingerprint density at radius 2 is 1.92 bits per heavy atom. The van der Waals surface area contributed by atoms with Crippen LogP contribution in [0.2, 0.25) is 0 Å². The van der Waals surface area contributed by atoms with Gasteiger partial charge in [-0.2, -0.15) is 0 Å². The summed E-state index contributed by atoms with van der Waals surface area (Å²) in [6, 6.07) is 8.83. The van der Waals surface area contributed by atoms with Gasteiger partial charge in [0.2, 0.25) is 0 Å². The third kappa shape index (κ3) is 4.09. The molecule has 1 aromatic heterocycles. The van der Waals surface area contributed by atoms with Crippen LogP contribution < -0.4 is 10.2 Å². The van der Waals surface area contributed by atoms with Gasteiger partial charge < -0.3 is 20.3 Å². The first-order valence-corrected chi connectivity index (χ1v) is 7.78. The number of nitro groups is 1. The van der Waals surface area contributed by atoms with E-state index in [1.807, 2.05) is 24.3 Å². The summed E-state index contributed by atoms with van der Waals surface area (Å²) in [6.07, 6.45) is 0. The lowest BCUT2D eigenvalue weighted by Gasteiger charge is -2.21. The zero-order chi connectivity index (χ0) is 17.7. The molecule has 1 N–H and O–H groups in total. The van der Waals surface area contributed by atoms with Crippen molar-refractivity contribution in [3.8, 4) is 0 Å². The minimum Gasteiger partial charge on any atom is -0.372 e. The van der Waals surface area contributed by atoms with Crippen LogP contribution in [0, 0.1) is 17.0 Å². The van der Waals surface area contributed by atoms with E-state index in [1.54, 1.807) is 6.92 Å². The van der Waals surface area contributed by atoms with Crippen molar-refractivity contribution >= 4 is 23.1 Å². The van der Waals surface area contributed by atoms with Crippen LogP contribution in [0.3, 0.4) is 0 Å². The summed E-state index contributed by atoms with van der Waals surface area (Å²) in [4.78, 5) is 24.7. The number of nitrogens with one attached hydrogen (secondary N) is 1. The maximum Gasteiger partial charge on any atom is 0.345 e. The van der Waals surface area contributed by atoms with Crippen LogP contribution in [-0.2, 0) is 11.3 Å². The Labute approximate surface area is 140 Å². The number of carbonyl (C=O) groups excluding carboxylic acids is 1. The van der Waals surface area contributed by atoms with Gasteiger partial charge in [-0.25, -0.2) is 0 Å². The molecule has 0 saturated heterocycles. The summed E-state index contributed by atoms with van der Waals surface area (Å²) in [6.45, 7) is 7.42. The molecule has 0 aliphatic heterocycles. The van der Waals surface area contributed by atoms with E-state index in [2.05, 4.69) is 29.2 Å². The number of aryl methyl sites for hydroxylation is 1. The summed E-state index contributed by atoms with van der Waals surface area (Å²) in [7, 11) is 0. The van der Waals surface area contributed by atoms with Crippen molar-refractivity contribution in [1.82, 2.24) is 9.78 Å². The number of carbonyl (C=O) groups is 1. The SMILES string of the molecule is CCN(CC)c1ccc(NC(=O)Cn2nc(C)cc2[N+](=O)[O-])cc1. The average molecular weight is 331 g/mol. The molecule has 0 atom stereocenters. The van der Waals surface area contributed by atoms with Gasteiger partial charge in [-0.1, -0.05) is 5.10 Å². The summed E-state index contributed by atoms with van der Waals surface area (Å²) < 4.78 is 1.09. The molecule has 0 saturated carbocycles. The van der Waals surface area contributed by atoms with Gasteiger partial charge in [0.1, 0.15) is 0 Å². The molecule has 24 heavy (non-hydrogen) atoms. The number of anilines is 2. The van der Waals surface area contributed by atoms with Crippen molar-refractivity contribution in [2.75, 3.05) is 23.3 Å². The molecule has 0 unspecified atom stereocenters. The highest BCUT2D eigenvalue weighted by Gasteiger charge is 2.19. The Morgan fingerprint density at radius 1 is 1.29 bits per heavy atom. The lowest BCUT2D eigenvalue weighted by molar-refractivity contribution is -0.392. The zero-order valence-corrected chi connectivity index (χ0v) is 14.0. The fraction of sp³-hybridized carbons (Fsp3) is 0.375. The van der Waals surface area contributed by atoms with Gasteiger partial charge in [-0.15, -0.1) is 4.68 Å². The highest BCUT2D eigenvalue weighted by atomic mass is 16.6. The molecular formula is C16H21N5O3. The van der Waals surface area contributed by atoms with Crippen molar-refractivity contribution < 1.29 is 9.72 Å². The van der Waals surface area contributed by atoms with E-state index in [0.717, 1.165) is 23.5 Å². The number of benzene rings is 1. The first-order valence-electron chi connectivity index (χ1n) is 7.78. The summed E-state index contributed by atoms with van der Waals surface area (Å²) in [5.74, 6) is -0.559. The van der Waals surface area contributed by atoms with Gasteiger partial charge in [0.25, 0.3) is 5.91 Å². The molecule has 1 aromatic carbocycles. The number of rotatable bonds is 7. The van der Waals surface area contributed by atoms with Crippen molar-refractivity contribution in [3.05, 3.63) is 46.1 Å². The molecule has 128 valence electrons. The van der Waals surface area contributed by atoms with Gasteiger partial charge in [0.15, 0.2) is 6.54 Å². The number of amides is 1. The van der Waals surface area contributed by atoms with E-state index < -0.39 is 4.92 Å². The summed E-state index contributed by atoms with van der Waals surface area (Å²) in [5, 5.41) is 17.6. The number of hydrogen-bond donors (Lipinski definition) is 1. The molecule has 1 heterocycles. The van der Waals surface area contributed by atoms with Crippen LogP contribution in [0.4, 0.5) is 17.2 Å². The van der Waals surface area contributed by atoms with Crippen molar-refractivity contribution in [2.24, 2.45) is 0 Å². The van der Waals surface area contributed by atoms with E-state index in [0.29, 0.717) is 11.4 Å². The van der Waals surface area contributed by atoms with Gasteiger partial charge in [-0.3, -0.25) is 4.79 Å². The van der Waals surface area contributed by atoms with E-state index in [1.165, 1.54) is 6.07 Å². The average Bonchev–Trinajstić information content (AvgIpc) is 2.90. The Kier molecular flexibility index (Phi) is 5.51. The quantitative estimate of drug-likeness (QED) is 0.622. The van der Waals surface area contributed by atoms with Crippen LogP contribution >= 0.6 is 0 Å². The van der Waals surface area contributed by atoms with Crippen LogP contribution in [0.25, 0.3) is 0 Å². The Balaban J connectivity index is 2.04. The molecule has 1 amide bonds. The lowest BCUT2D eigenvalue weighted by atomic mass is 10.2. The topological polar surface area (TPSA) is 93.3 Å². The van der Waals surface area contributed by atoms with Gasteiger partial charge >= 0.3 is 5.82 Å². The third-order valence-corrected chi connectivity index (χ3v) is 3.64. The summed E-state index contributed by atoms with van der Waals surface area (Å²) >= 11 is 0. The second-order valence-corrected chi connectivity index (χ2v) is 5.33. The van der Waals surface area contributed by atoms with Crippen LogP contribution in [0.5, 0.6) is 0 Å². The maximum atomic E-state index is 12.1. The molecule has 8 nitrogen and oxygen atoms in total. The minimum absolute atomic E-state index is 0.195. The maximum absolute atomic E-state index is 12.1. The second kappa shape index (κ2) is 7.58. The van der Waals surface area contributed by atoms with Crippen molar-refractivity contribution in [2.45, 2.75) is 27.3 Å². The van der Waals surface area contributed by atoms with Gasteiger partial charge in [0.05, 0.1) is 11.8 Å². The largest absolute Gasteiger partial charge is 0.372 e. The van der Waals surface area contributed by atoms with Crippen LogP contribution in [0.15, 0.2) is 30.3 Å². The van der Waals surface area contributed by atoms with Crippen LogP contribution in [0.1, 0.15) is 19.5 Å². The second-order valence-electron chi connectivity index (χ2n) is 5.33. The highest BCUT2D eigenvalue weighted by molar-refractivity contribution is 5.90. The highest BCUT2D eigenvalue weighted by Crippen LogP contribution is 2.18. The standard InChI is InChI=1S/C16H21N5O3/c1-4-19(5-2)14-8-6-13(7-9-14)17-15(22)11-20-16(21(23)24)10-12(3)18-20/h6-10H,4-5,11H2,1-3H3,(H,17,22). The predicted molar refractivity (Wildman–Crippen MR) is 92.3 cm³/mol. The number of hydrogen-bond acceptors (Lipinski definition) is 5. The monoisotopic (exact) mass is 331 g/mol. The van der Waals surface area contributed by atoms with Crippen molar-refractivity contribution in [3.63, 3.8) is 0 Å². The normalized spacial score (nSPS) is 10.5. The van der Waals surface area contributed by atoms with Crippen molar-refractivity contribution in [1.29, 1.82) is 0 Å². The first kappa shape index (κ1) is 17.5. The first-order chi connectivity index (χ1) is 11.4. The molecule has 2 aromatic rings. The van der Waals surface area contributed by atoms with E-state index in [-0.39, 0.29) is 18.3 Å². The molecule has 0 aliphatic carbocycles. The number of aromatic nitrogens is 2. The molecule has 0 bridgehead atoms. The van der Waals surface area contributed by atoms with Gasteiger partial charge in [-0.05, 0) is 50.0 Å². The van der Waals surface area contributed by atoms with Crippen LogP contribution in [-0.4, -0.2) is 33.7 Å². The molecule has 8 heteroatoms. The fourth-order valence-corrected chi connectivity index (χ4v) is 2.48. The fourth-order valence-electron chi connectivity index (χ4n) is 2.48. The smallest absolute Gasteiger partial charge is 0.345 e. The lowest BCUT2D eigenvalue weighted by Crippen LogP contribution is -2.22. The molecule has 0 spiro atoms.